The molecule has 1 fully saturated rings. The average molecular weight is 254 g/mol. The highest BCUT2D eigenvalue weighted by atomic mass is 35.5. The van der Waals surface area contributed by atoms with Crippen molar-refractivity contribution in [2.75, 3.05) is 5.88 Å². The summed E-state index contributed by atoms with van der Waals surface area (Å²) in [6.45, 7) is 1.67. The number of halogens is 4. The highest BCUT2D eigenvalue weighted by molar-refractivity contribution is 6.53. The van der Waals surface area contributed by atoms with Crippen molar-refractivity contribution in [2.24, 2.45) is 11.3 Å². The minimum Gasteiger partial charge on any atom is -0.481 e. The van der Waals surface area contributed by atoms with Crippen molar-refractivity contribution in [3.05, 3.63) is 0 Å². The number of hydrogen-bond donors (Lipinski definition) is 1. The Balaban J connectivity index is 0.00000121. The molecule has 1 aliphatic rings. The average Bonchev–Trinajstić information content (AvgIpc) is 2.29. The first-order chi connectivity index (χ1) is 4.88. The summed E-state index contributed by atoms with van der Waals surface area (Å²) >= 11 is 17.0. The molecule has 1 saturated carbocycles. The van der Waals surface area contributed by atoms with Crippen LogP contribution in [0.1, 0.15) is 6.92 Å². The van der Waals surface area contributed by atoms with Crippen LogP contribution in [0, 0.1) is 11.3 Å². The van der Waals surface area contributed by atoms with E-state index in [-0.39, 0.29) is 18.3 Å². The van der Waals surface area contributed by atoms with Crippen molar-refractivity contribution in [3.8, 4) is 0 Å². The molecular formula is C6H8Cl4O2. The second kappa shape index (κ2) is 3.41. The zero-order valence-electron chi connectivity index (χ0n) is 6.18. The number of carbonyl (C=O) groups is 1. The molecule has 0 spiro atoms. The molecule has 6 heteroatoms. The van der Waals surface area contributed by atoms with Crippen molar-refractivity contribution in [2.45, 2.75) is 11.3 Å². The van der Waals surface area contributed by atoms with Gasteiger partial charge < -0.3 is 5.11 Å². The molecule has 1 N–H and O–H groups in total. The topological polar surface area (TPSA) is 37.3 Å². The molecule has 2 atom stereocenters. The van der Waals surface area contributed by atoms with E-state index < -0.39 is 21.6 Å². The smallest absolute Gasteiger partial charge is 0.310 e. The largest absolute Gasteiger partial charge is 0.481 e. The van der Waals surface area contributed by atoms with Crippen LogP contribution in [0.2, 0.25) is 0 Å². The first kappa shape index (κ1) is 12.6. The van der Waals surface area contributed by atoms with E-state index in [2.05, 4.69) is 0 Å². The first-order valence-corrected chi connectivity index (χ1v) is 4.33. The first-order valence-electron chi connectivity index (χ1n) is 3.04. The number of carboxylic acids is 1. The standard InChI is InChI=1S/C6H7Cl3O2.ClH/c1-5(2-7)3(4(10)11)6(5,8)9;/h3H,2H2,1H3,(H,10,11);1H. The lowest BCUT2D eigenvalue weighted by Gasteiger charge is -2.03. The summed E-state index contributed by atoms with van der Waals surface area (Å²) in [6.07, 6.45) is 0. The van der Waals surface area contributed by atoms with Gasteiger partial charge in [-0.2, -0.15) is 0 Å². The zero-order valence-corrected chi connectivity index (χ0v) is 9.27. The predicted octanol–water partition coefficient (Wildman–Crippen LogP) is 2.54. The molecule has 0 saturated heterocycles. The van der Waals surface area contributed by atoms with Crippen molar-refractivity contribution in [1.29, 1.82) is 0 Å². The summed E-state index contributed by atoms with van der Waals surface area (Å²) in [7, 11) is 0. The maximum atomic E-state index is 10.5. The van der Waals surface area contributed by atoms with Gasteiger partial charge in [-0.3, -0.25) is 4.79 Å². The monoisotopic (exact) mass is 252 g/mol. The number of rotatable bonds is 2. The lowest BCUT2D eigenvalue weighted by Crippen LogP contribution is -2.07. The van der Waals surface area contributed by atoms with E-state index in [4.69, 9.17) is 39.9 Å². The van der Waals surface area contributed by atoms with Crippen molar-refractivity contribution < 1.29 is 9.90 Å². The molecule has 0 aromatic carbocycles. The van der Waals surface area contributed by atoms with Gasteiger partial charge in [0.05, 0.1) is 5.92 Å². The SMILES string of the molecule is CC1(CCl)C(C(=O)O)C1(Cl)Cl.Cl. The Labute approximate surface area is 91.6 Å². The van der Waals surface area contributed by atoms with Gasteiger partial charge in [-0.15, -0.1) is 24.0 Å². The van der Waals surface area contributed by atoms with Gasteiger partial charge in [-0.25, -0.2) is 0 Å². The highest BCUT2D eigenvalue weighted by Gasteiger charge is 2.76. The van der Waals surface area contributed by atoms with Gasteiger partial charge in [0.15, 0.2) is 0 Å². The third-order valence-electron chi connectivity index (χ3n) is 2.20. The zero-order chi connectivity index (χ0) is 8.86. The quantitative estimate of drug-likeness (QED) is 0.768. The molecule has 0 aromatic rings. The third-order valence-corrected chi connectivity index (χ3v) is 4.06. The van der Waals surface area contributed by atoms with Crippen molar-refractivity contribution >= 4 is 53.2 Å². The summed E-state index contributed by atoms with van der Waals surface area (Å²) in [5, 5.41) is 8.63. The number of hydrogen-bond acceptors (Lipinski definition) is 1. The highest BCUT2D eigenvalue weighted by Crippen LogP contribution is 2.69. The molecule has 0 heterocycles. The van der Waals surface area contributed by atoms with E-state index in [1.807, 2.05) is 0 Å². The van der Waals surface area contributed by atoms with Crippen LogP contribution in [0.5, 0.6) is 0 Å². The van der Waals surface area contributed by atoms with Crippen LogP contribution in [0.3, 0.4) is 0 Å². The van der Waals surface area contributed by atoms with Gasteiger partial charge in [-0.05, 0) is 0 Å². The van der Waals surface area contributed by atoms with E-state index in [0.29, 0.717) is 0 Å². The lowest BCUT2D eigenvalue weighted by atomic mass is 10.1. The molecule has 0 amide bonds. The van der Waals surface area contributed by atoms with Gasteiger partial charge >= 0.3 is 5.97 Å². The fraction of sp³-hybridized carbons (Fsp3) is 0.833. The lowest BCUT2D eigenvalue weighted by molar-refractivity contribution is -0.139. The van der Waals surface area contributed by atoms with E-state index in [9.17, 15) is 4.79 Å². The number of alkyl halides is 3. The Morgan fingerprint density at radius 3 is 2.08 bits per heavy atom. The molecule has 0 aromatic heterocycles. The molecule has 0 aliphatic heterocycles. The molecule has 72 valence electrons. The number of carboxylic acid groups (broad SMARTS) is 1. The molecule has 12 heavy (non-hydrogen) atoms. The minimum absolute atomic E-state index is 0. The maximum Gasteiger partial charge on any atom is 0.310 e. The summed E-state index contributed by atoms with van der Waals surface area (Å²) in [6, 6.07) is 0. The Morgan fingerprint density at radius 1 is 1.58 bits per heavy atom. The second-order valence-electron chi connectivity index (χ2n) is 2.95. The molecule has 0 radical (unpaired) electrons. The Hall–Kier alpha value is 0.630. The van der Waals surface area contributed by atoms with Crippen LogP contribution in [0.15, 0.2) is 0 Å². The van der Waals surface area contributed by atoms with Crippen LogP contribution >= 0.6 is 47.2 Å². The number of aliphatic carboxylic acids is 1. The minimum atomic E-state index is -1.19. The van der Waals surface area contributed by atoms with Gasteiger partial charge in [0.1, 0.15) is 4.33 Å². The van der Waals surface area contributed by atoms with Gasteiger partial charge in [0, 0.05) is 11.3 Å². The molecular weight excluding hydrogens is 246 g/mol. The third kappa shape index (κ3) is 1.39. The van der Waals surface area contributed by atoms with Crippen molar-refractivity contribution in [3.63, 3.8) is 0 Å². The summed E-state index contributed by atoms with van der Waals surface area (Å²) in [5.74, 6) is -1.56. The van der Waals surface area contributed by atoms with Gasteiger partial charge in [-0.1, -0.05) is 30.1 Å². The second-order valence-corrected chi connectivity index (χ2v) is 4.60. The summed E-state index contributed by atoms with van der Waals surface area (Å²) in [5.41, 5.74) is -0.677. The fourth-order valence-corrected chi connectivity index (χ4v) is 2.59. The molecule has 1 aliphatic carbocycles. The Morgan fingerprint density at radius 2 is 2.00 bits per heavy atom. The van der Waals surface area contributed by atoms with Crippen LogP contribution in [-0.2, 0) is 4.79 Å². The molecule has 0 bridgehead atoms. The van der Waals surface area contributed by atoms with Crippen LogP contribution < -0.4 is 0 Å². The van der Waals surface area contributed by atoms with E-state index in [1.54, 1.807) is 6.92 Å². The maximum absolute atomic E-state index is 10.5. The molecule has 1 rings (SSSR count). The van der Waals surface area contributed by atoms with Crippen molar-refractivity contribution in [1.82, 2.24) is 0 Å². The Kier molecular flexibility index (Phi) is 3.59. The van der Waals surface area contributed by atoms with E-state index >= 15 is 0 Å². The van der Waals surface area contributed by atoms with Gasteiger partial charge in [0.2, 0.25) is 0 Å². The van der Waals surface area contributed by atoms with E-state index in [1.165, 1.54) is 0 Å². The normalized spacial score (nSPS) is 36.8. The van der Waals surface area contributed by atoms with E-state index in [0.717, 1.165) is 0 Å². The molecule has 2 nitrogen and oxygen atoms in total. The Bertz CT molecular complexity index is 206. The van der Waals surface area contributed by atoms with Gasteiger partial charge in [0.25, 0.3) is 0 Å². The van der Waals surface area contributed by atoms with Crippen LogP contribution in [0.25, 0.3) is 0 Å². The summed E-state index contributed by atoms with van der Waals surface area (Å²) in [4.78, 5) is 10.5. The molecule has 2 unspecified atom stereocenters. The van der Waals surface area contributed by atoms with Crippen LogP contribution in [-0.4, -0.2) is 21.3 Å². The fourth-order valence-electron chi connectivity index (χ4n) is 1.18. The summed E-state index contributed by atoms with van der Waals surface area (Å²) < 4.78 is -1.19. The predicted molar refractivity (Wildman–Crippen MR) is 51.6 cm³/mol. The van der Waals surface area contributed by atoms with Crippen LogP contribution in [0.4, 0.5) is 0 Å².